The van der Waals surface area contributed by atoms with Crippen LogP contribution >= 0.6 is 0 Å². The molecule has 8 nitrogen and oxygen atoms in total. The van der Waals surface area contributed by atoms with Gasteiger partial charge in [-0.05, 0) is 18.9 Å². The lowest BCUT2D eigenvalue weighted by molar-refractivity contribution is 0.00325. The van der Waals surface area contributed by atoms with Crippen LogP contribution in [0, 0.1) is 11.8 Å². The van der Waals surface area contributed by atoms with Gasteiger partial charge >= 0.3 is 0 Å². The molecule has 1 amide bonds. The third-order valence-corrected chi connectivity index (χ3v) is 6.69. The summed E-state index contributed by atoms with van der Waals surface area (Å²) < 4.78 is 33.1. The fourth-order valence-electron chi connectivity index (χ4n) is 4.73. The highest BCUT2D eigenvalue weighted by Crippen LogP contribution is 2.54. The summed E-state index contributed by atoms with van der Waals surface area (Å²) in [6.45, 7) is 1.36. The smallest absolute Gasteiger partial charge is 0.254 e. The highest BCUT2D eigenvalue weighted by molar-refractivity contribution is 7.88. The first-order valence-electron chi connectivity index (χ1n) is 8.77. The summed E-state index contributed by atoms with van der Waals surface area (Å²) in [6.07, 6.45) is 4.57. The van der Waals surface area contributed by atoms with E-state index in [0.717, 1.165) is 19.1 Å². The quantitative estimate of drug-likeness (QED) is 0.762. The average Bonchev–Trinajstić information content (AvgIpc) is 3.22. The number of nitrogens with zero attached hydrogens (tertiary/aromatic N) is 2. The van der Waals surface area contributed by atoms with Crippen LogP contribution in [0.15, 0.2) is 23.1 Å². The van der Waals surface area contributed by atoms with Crippen molar-refractivity contribution in [3.63, 3.8) is 0 Å². The number of carbonyl (C=O) groups excluding carboxylic acids is 1. The normalized spacial score (nSPS) is 32.8. The van der Waals surface area contributed by atoms with E-state index in [2.05, 4.69) is 4.72 Å². The molecule has 4 rings (SSSR count). The zero-order chi connectivity index (χ0) is 18.7. The molecule has 0 aromatic carbocycles. The summed E-state index contributed by atoms with van der Waals surface area (Å²) in [5.74, 6) is 0.0132. The monoisotopic (exact) mass is 381 g/mol. The van der Waals surface area contributed by atoms with Crippen LogP contribution < -0.4 is 10.3 Å². The Hall–Kier alpha value is -1.71. The van der Waals surface area contributed by atoms with Gasteiger partial charge in [0.15, 0.2) is 0 Å². The molecular weight excluding hydrogens is 358 g/mol. The number of fused-ring (bicyclic) bond motifs is 1. The largest absolute Gasteiger partial charge is 0.369 e. The Bertz CT molecular complexity index is 911. The van der Waals surface area contributed by atoms with E-state index in [1.54, 1.807) is 24.2 Å². The minimum Gasteiger partial charge on any atom is -0.369 e. The summed E-state index contributed by atoms with van der Waals surface area (Å²) in [4.78, 5) is 26.4. The van der Waals surface area contributed by atoms with E-state index in [9.17, 15) is 18.0 Å². The molecule has 1 N–H and O–H groups in total. The number of rotatable bonds is 4. The Labute approximate surface area is 152 Å². The van der Waals surface area contributed by atoms with Gasteiger partial charge in [0, 0.05) is 49.8 Å². The van der Waals surface area contributed by atoms with Gasteiger partial charge in [0.05, 0.1) is 24.5 Å². The second kappa shape index (κ2) is 5.90. The number of carbonyl (C=O) groups is 1. The summed E-state index contributed by atoms with van der Waals surface area (Å²) in [6, 6.07) is 3.01. The summed E-state index contributed by atoms with van der Waals surface area (Å²) >= 11 is 0. The molecular formula is C17H23N3O5S. The van der Waals surface area contributed by atoms with Crippen molar-refractivity contribution in [3.8, 4) is 0 Å². The number of sulfonamides is 1. The SMILES string of the molecule is Cn1ccc(C(=O)N2C[C@@H]3[C@H](CNS(C)(=O)=O)[C@H]4CC[C@]3(C2)O4)cc1=O. The summed E-state index contributed by atoms with van der Waals surface area (Å²) in [5.41, 5.74) is -0.213. The van der Waals surface area contributed by atoms with Gasteiger partial charge in [0.1, 0.15) is 0 Å². The van der Waals surface area contributed by atoms with Crippen molar-refractivity contribution in [3.05, 3.63) is 34.2 Å². The van der Waals surface area contributed by atoms with Crippen LogP contribution in [-0.4, -0.2) is 61.4 Å². The van der Waals surface area contributed by atoms with E-state index in [0.29, 0.717) is 25.2 Å². The van der Waals surface area contributed by atoms with Gasteiger partial charge in [-0.3, -0.25) is 9.59 Å². The first-order valence-corrected chi connectivity index (χ1v) is 10.7. The van der Waals surface area contributed by atoms with Crippen molar-refractivity contribution in [2.45, 2.75) is 24.5 Å². The van der Waals surface area contributed by atoms with Crippen molar-refractivity contribution >= 4 is 15.9 Å². The molecule has 2 bridgehead atoms. The standard InChI is InChI=1S/C17H23N3O5S/c1-19-6-4-11(7-15(19)21)16(22)20-9-13-12(8-18-26(2,23)24)14-3-5-17(13,10-20)25-14/h4,6-7,12-14,18H,3,5,8-10H2,1-2H3/t12-,13+,14+,17+/m0/s1. The highest BCUT2D eigenvalue weighted by Gasteiger charge is 2.63. The van der Waals surface area contributed by atoms with Crippen LogP contribution in [0.5, 0.6) is 0 Å². The summed E-state index contributed by atoms with van der Waals surface area (Å²) in [7, 11) is -1.62. The maximum Gasteiger partial charge on any atom is 0.254 e. The number of nitrogens with one attached hydrogen (secondary N) is 1. The molecule has 3 aliphatic heterocycles. The lowest BCUT2D eigenvalue weighted by Gasteiger charge is -2.29. The fourth-order valence-corrected chi connectivity index (χ4v) is 5.23. The van der Waals surface area contributed by atoms with Crippen LogP contribution in [0.3, 0.4) is 0 Å². The molecule has 4 heterocycles. The van der Waals surface area contributed by atoms with E-state index in [1.807, 2.05) is 0 Å². The lowest BCUT2D eigenvalue weighted by Crippen LogP contribution is -2.41. The summed E-state index contributed by atoms with van der Waals surface area (Å²) in [5, 5.41) is 0. The maximum absolute atomic E-state index is 12.8. The van der Waals surface area contributed by atoms with Crippen molar-refractivity contribution in [1.29, 1.82) is 0 Å². The van der Waals surface area contributed by atoms with Gasteiger partial charge in [0.2, 0.25) is 10.0 Å². The van der Waals surface area contributed by atoms with E-state index < -0.39 is 10.0 Å². The molecule has 4 atom stereocenters. The van der Waals surface area contributed by atoms with Crippen molar-refractivity contribution in [2.75, 3.05) is 25.9 Å². The molecule has 9 heteroatoms. The maximum atomic E-state index is 12.8. The van der Waals surface area contributed by atoms with E-state index in [4.69, 9.17) is 4.74 Å². The minimum atomic E-state index is -3.26. The van der Waals surface area contributed by atoms with Gasteiger partial charge in [-0.25, -0.2) is 13.1 Å². The second-order valence-electron chi connectivity index (χ2n) is 7.70. The molecule has 0 aliphatic carbocycles. The van der Waals surface area contributed by atoms with Crippen molar-refractivity contribution < 1.29 is 17.9 Å². The minimum absolute atomic E-state index is 0.0514. The molecule has 1 spiro atoms. The van der Waals surface area contributed by atoms with Crippen LogP contribution in [0.2, 0.25) is 0 Å². The molecule has 142 valence electrons. The third kappa shape index (κ3) is 2.87. The Morgan fingerprint density at radius 1 is 1.46 bits per heavy atom. The number of amides is 1. The number of hydrogen-bond donors (Lipinski definition) is 1. The predicted molar refractivity (Wildman–Crippen MR) is 94.3 cm³/mol. The third-order valence-electron chi connectivity index (χ3n) is 6.00. The Balaban J connectivity index is 1.53. The molecule has 1 aromatic rings. The van der Waals surface area contributed by atoms with Gasteiger partial charge < -0.3 is 14.2 Å². The van der Waals surface area contributed by atoms with Gasteiger partial charge in [0.25, 0.3) is 11.5 Å². The lowest BCUT2D eigenvalue weighted by atomic mass is 9.74. The number of hydrogen-bond acceptors (Lipinski definition) is 5. The Morgan fingerprint density at radius 2 is 2.23 bits per heavy atom. The molecule has 3 fully saturated rings. The van der Waals surface area contributed by atoms with Crippen LogP contribution in [0.4, 0.5) is 0 Å². The number of likely N-dealkylation sites (tertiary alicyclic amines) is 1. The average molecular weight is 381 g/mol. The first kappa shape index (κ1) is 17.7. The zero-order valence-corrected chi connectivity index (χ0v) is 15.7. The number of ether oxygens (including phenoxy) is 1. The van der Waals surface area contributed by atoms with Crippen LogP contribution in [0.1, 0.15) is 23.2 Å². The molecule has 0 radical (unpaired) electrons. The molecule has 3 aliphatic rings. The zero-order valence-electron chi connectivity index (χ0n) is 14.8. The van der Waals surface area contributed by atoms with Crippen LogP contribution in [0.25, 0.3) is 0 Å². The fraction of sp³-hybridized carbons (Fsp3) is 0.647. The molecule has 0 unspecified atom stereocenters. The number of pyridine rings is 1. The highest BCUT2D eigenvalue weighted by atomic mass is 32.2. The Morgan fingerprint density at radius 3 is 2.92 bits per heavy atom. The van der Waals surface area contributed by atoms with Gasteiger partial charge in [-0.15, -0.1) is 0 Å². The van der Waals surface area contributed by atoms with E-state index in [1.165, 1.54) is 10.6 Å². The molecule has 0 saturated carbocycles. The van der Waals surface area contributed by atoms with Crippen LogP contribution in [-0.2, 0) is 21.8 Å². The predicted octanol–water partition coefficient (Wildman–Crippen LogP) is -0.446. The van der Waals surface area contributed by atoms with Crippen molar-refractivity contribution in [2.24, 2.45) is 18.9 Å². The Kier molecular flexibility index (Phi) is 4.01. The van der Waals surface area contributed by atoms with Gasteiger partial charge in [-0.2, -0.15) is 0 Å². The van der Waals surface area contributed by atoms with E-state index in [-0.39, 0.29) is 35.0 Å². The molecule has 1 aromatic heterocycles. The molecule has 26 heavy (non-hydrogen) atoms. The van der Waals surface area contributed by atoms with E-state index >= 15 is 0 Å². The second-order valence-corrected chi connectivity index (χ2v) is 9.53. The van der Waals surface area contributed by atoms with Gasteiger partial charge in [-0.1, -0.05) is 0 Å². The number of aromatic nitrogens is 1. The first-order chi connectivity index (χ1) is 12.2. The van der Waals surface area contributed by atoms with Crippen molar-refractivity contribution in [1.82, 2.24) is 14.2 Å². The molecule has 3 saturated heterocycles. The number of aryl methyl sites for hydroxylation is 1. The topological polar surface area (TPSA) is 97.7 Å².